The third-order valence-electron chi connectivity index (χ3n) is 6.20. The lowest BCUT2D eigenvalue weighted by Gasteiger charge is -2.24. The highest BCUT2D eigenvalue weighted by atomic mass is 16.7. The van der Waals surface area contributed by atoms with Gasteiger partial charge in [-0.05, 0) is 38.1 Å². The smallest absolute Gasteiger partial charge is 0.330 e. The van der Waals surface area contributed by atoms with Crippen LogP contribution in [-0.2, 0) is 47.5 Å². The predicted octanol–water partition coefficient (Wildman–Crippen LogP) is 4.31. The Balaban J connectivity index is 1.78. The van der Waals surface area contributed by atoms with Crippen LogP contribution in [0.4, 0.5) is 0 Å². The lowest BCUT2D eigenvalue weighted by Crippen LogP contribution is -2.31. The van der Waals surface area contributed by atoms with Gasteiger partial charge in [0.15, 0.2) is 18.4 Å². The van der Waals surface area contributed by atoms with Gasteiger partial charge in [0.1, 0.15) is 19.0 Å². The van der Waals surface area contributed by atoms with Crippen LogP contribution in [0.2, 0.25) is 0 Å². The Morgan fingerprint density at radius 3 is 1.74 bits per heavy atom. The van der Waals surface area contributed by atoms with Crippen LogP contribution in [0.15, 0.2) is 79.9 Å². The summed E-state index contributed by atoms with van der Waals surface area (Å²) < 4.78 is 49.7. The van der Waals surface area contributed by atoms with E-state index in [4.69, 9.17) is 42.6 Å². The SMILES string of the molecule is C=CC(=O)OCCOCCOC(C)OCC(CCOc1ccc(C(=O)c2ccccc2)cc1)OC(C)OCCOCCOC(=O)C=C. The Kier molecular flexibility index (Phi) is 20.3. The van der Waals surface area contributed by atoms with Gasteiger partial charge in [-0.2, -0.15) is 0 Å². The van der Waals surface area contributed by atoms with Crippen molar-refractivity contribution in [3.8, 4) is 5.75 Å². The molecule has 12 heteroatoms. The first kappa shape index (κ1) is 39.3. The number of ketones is 1. The predicted molar refractivity (Wildman–Crippen MR) is 172 cm³/mol. The van der Waals surface area contributed by atoms with Gasteiger partial charge in [0.2, 0.25) is 0 Å². The monoisotopic (exact) mass is 658 g/mol. The molecule has 0 aliphatic carbocycles. The van der Waals surface area contributed by atoms with E-state index in [2.05, 4.69) is 13.2 Å². The molecule has 258 valence electrons. The molecule has 2 aromatic carbocycles. The summed E-state index contributed by atoms with van der Waals surface area (Å²) in [6.45, 7) is 12.6. The average Bonchev–Trinajstić information content (AvgIpc) is 3.09. The van der Waals surface area contributed by atoms with Crippen molar-refractivity contribution in [3.05, 3.63) is 91.0 Å². The minimum Gasteiger partial charge on any atom is -0.493 e. The van der Waals surface area contributed by atoms with Gasteiger partial charge in [0, 0.05) is 29.7 Å². The number of hydrogen-bond acceptors (Lipinski definition) is 12. The normalized spacial score (nSPS) is 12.8. The highest BCUT2D eigenvalue weighted by Gasteiger charge is 2.17. The second kappa shape index (κ2) is 24.3. The van der Waals surface area contributed by atoms with Crippen molar-refractivity contribution < 1.29 is 57.0 Å². The summed E-state index contributed by atoms with van der Waals surface area (Å²) in [4.78, 5) is 34.8. The molecule has 0 aliphatic heterocycles. The number of benzene rings is 2. The molecule has 2 rings (SSSR count). The Morgan fingerprint density at radius 1 is 0.638 bits per heavy atom. The molecule has 0 fully saturated rings. The zero-order chi connectivity index (χ0) is 34.1. The quantitative estimate of drug-likeness (QED) is 0.0445. The third-order valence-corrected chi connectivity index (χ3v) is 6.20. The summed E-state index contributed by atoms with van der Waals surface area (Å²) in [5, 5.41) is 0. The van der Waals surface area contributed by atoms with Crippen molar-refractivity contribution in [3.63, 3.8) is 0 Å². The Labute approximate surface area is 276 Å². The number of ether oxygens (including phenoxy) is 9. The van der Waals surface area contributed by atoms with Crippen LogP contribution in [0.1, 0.15) is 36.2 Å². The van der Waals surface area contributed by atoms with Crippen LogP contribution in [0.25, 0.3) is 0 Å². The number of hydrogen-bond donors (Lipinski definition) is 0. The number of rotatable bonds is 27. The fourth-order valence-electron chi connectivity index (χ4n) is 3.83. The van der Waals surface area contributed by atoms with Gasteiger partial charge < -0.3 is 42.6 Å². The van der Waals surface area contributed by atoms with E-state index < -0.39 is 30.6 Å². The number of carbonyl (C=O) groups excluding carboxylic acids is 3. The van der Waals surface area contributed by atoms with Crippen molar-refractivity contribution in [2.75, 3.05) is 66.1 Å². The van der Waals surface area contributed by atoms with Crippen LogP contribution < -0.4 is 4.74 Å². The maximum Gasteiger partial charge on any atom is 0.330 e. The molecule has 3 atom stereocenters. The van der Waals surface area contributed by atoms with E-state index in [1.54, 1.807) is 50.2 Å². The molecule has 47 heavy (non-hydrogen) atoms. The number of carbonyl (C=O) groups is 3. The van der Waals surface area contributed by atoms with Crippen LogP contribution in [0, 0.1) is 0 Å². The standard InChI is InChI=1S/C35H46O12/c1-5-33(36)44-24-20-39-18-22-41-27(3)46-26-32(47-28(4)42-23-19-40-21-25-45-34(37)6-2)16-17-43-31-14-12-30(13-15-31)35(38)29-10-8-7-9-11-29/h5-15,27-28,32H,1-2,16-26H2,3-4H3. The van der Waals surface area contributed by atoms with E-state index in [0.717, 1.165) is 12.2 Å². The highest BCUT2D eigenvalue weighted by molar-refractivity contribution is 6.08. The fraction of sp³-hybridized carbons (Fsp3) is 0.457. The largest absolute Gasteiger partial charge is 0.493 e. The van der Waals surface area contributed by atoms with Crippen molar-refractivity contribution in [2.24, 2.45) is 0 Å². The van der Waals surface area contributed by atoms with E-state index in [0.29, 0.717) is 36.5 Å². The molecule has 0 spiro atoms. The van der Waals surface area contributed by atoms with Gasteiger partial charge >= 0.3 is 11.9 Å². The molecule has 0 bridgehead atoms. The molecule has 12 nitrogen and oxygen atoms in total. The van der Waals surface area contributed by atoms with Crippen LogP contribution in [0.3, 0.4) is 0 Å². The lowest BCUT2D eigenvalue weighted by molar-refractivity contribution is -0.205. The van der Waals surface area contributed by atoms with Gasteiger partial charge in [-0.25, -0.2) is 9.59 Å². The second-order valence-electron chi connectivity index (χ2n) is 9.79. The maximum atomic E-state index is 12.7. The van der Waals surface area contributed by atoms with Gasteiger partial charge in [-0.3, -0.25) is 4.79 Å². The minimum absolute atomic E-state index is 0.0600. The minimum atomic E-state index is -0.575. The highest BCUT2D eigenvalue weighted by Crippen LogP contribution is 2.17. The molecule has 0 aliphatic rings. The summed E-state index contributed by atoms with van der Waals surface area (Å²) in [6, 6.07) is 16.1. The number of esters is 2. The first-order chi connectivity index (χ1) is 22.8. The zero-order valence-electron chi connectivity index (χ0n) is 27.2. The summed E-state index contributed by atoms with van der Waals surface area (Å²) in [5.74, 6) is -0.448. The molecular weight excluding hydrogens is 612 g/mol. The first-order valence-corrected chi connectivity index (χ1v) is 15.4. The molecule has 0 saturated carbocycles. The summed E-state index contributed by atoms with van der Waals surface area (Å²) in [7, 11) is 0. The van der Waals surface area contributed by atoms with E-state index in [1.165, 1.54) is 0 Å². The first-order valence-electron chi connectivity index (χ1n) is 15.4. The van der Waals surface area contributed by atoms with Crippen LogP contribution in [-0.4, -0.2) is 102 Å². The molecular formula is C35H46O12. The summed E-state index contributed by atoms with van der Waals surface area (Å²) in [5.41, 5.74) is 1.19. The van der Waals surface area contributed by atoms with Crippen LogP contribution >= 0.6 is 0 Å². The van der Waals surface area contributed by atoms with Crippen LogP contribution in [0.5, 0.6) is 5.75 Å². The molecule has 0 aromatic heterocycles. The molecule has 2 aromatic rings. The molecule has 0 saturated heterocycles. The maximum absolute atomic E-state index is 12.7. The van der Waals surface area contributed by atoms with Gasteiger partial charge in [0.25, 0.3) is 0 Å². The summed E-state index contributed by atoms with van der Waals surface area (Å²) in [6.07, 6.45) is 1.14. The zero-order valence-corrected chi connectivity index (χ0v) is 27.2. The van der Waals surface area contributed by atoms with Crippen molar-refractivity contribution >= 4 is 17.7 Å². The molecule has 3 unspecified atom stereocenters. The van der Waals surface area contributed by atoms with E-state index >= 15 is 0 Å². The van der Waals surface area contributed by atoms with Gasteiger partial charge in [-0.15, -0.1) is 0 Å². The fourth-order valence-corrected chi connectivity index (χ4v) is 3.83. The van der Waals surface area contributed by atoms with Crippen molar-refractivity contribution in [2.45, 2.75) is 39.0 Å². The van der Waals surface area contributed by atoms with Gasteiger partial charge in [-0.1, -0.05) is 43.5 Å². The Bertz CT molecular complexity index is 1180. The molecule has 0 heterocycles. The van der Waals surface area contributed by atoms with Crippen molar-refractivity contribution in [1.29, 1.82) is 0 Å². The molecule has 0 N–H and O–H groups in total. The average molecular weight is 659 g/mol. The van der Waals surface area contributed by atoms with Crippen molar-refractivity contribution in [1.82, 2.24) is 0 Å². The topological polar surface area (TPSA) is 134 Å². The third kappa shape index (κ3) is 18.1. The summed E-state index contributed by atoms with van der Waals surface area (Å²) >= 11 is 0. The molecule has 0 amide bonds. The van der Waals surface area contributed by atoms with Gasteiger partial charge in [0.05, 0.1) is 59.0 Å². The van der Waals surface area contributed by atoms with E-state index in [9.17, 15) is 14.4 Å². The lowest BCUT2D eigenvalue weighted by atomic mass is 10.0. The Morgan fingerprint density at radius 2 is 1.17 bits per heavy atom. The molecule has 0 radical (unpaired) electrons. The van der Waals surface area contributed by atoms with E-state index in [1.807, 2.05) is 18.2 Å². The Hall–Kier alpha value is -3.91. The second-order valence-corrected chi connectivity index (χ2v) is 9.79. The van der Waals surface area contributed by atoms with E-state index in [-0.39, 0.29) is 58.6 Å².